The molecule has 0 radical (unpaired) electrons. The molecule has 1 atom stereocenters. The average Bonchev–Trinajstić information content (AvgIpc) is 2.60. The number of hydrogen-bond donors (Lipinski definition) is 1. The molecule has 1 unspecified atom stereocenters. The van der Waals surface area contributed by atoms with Crippen molar-refractivity contribution in [2.75, 3.05) is 0 Å². The number of phenolic OH excluding ortho intramolecular Hbond substituents is 1. The summed E-state index contributed by atoms with van der Waals surface area (Å²) in [6.07, 6.45) is 3.73. The molecule has 0 aliphatic heterocycles. The second kappa shape index (κ2) is 7.50. The number of fused-ring (bicyclic) bond motifs is 1. The van der Waals surface area contributed by atoms with E-state index in [4.69, 9.17) is 16.6 Å². The zero-order chi connectivity index (χ0) is 16.9. The van der Waals surface area contributed by atoms with Gasteiger partial charge < -0.3 is 5.11 Å². The monoisotopic (exact) mass is 337 g/mol. The molecule has 24 heavy (non-hydrogen) atoms. The van der Waals surface area contributed by atoms with Crippen molar-refractivity contribution >= 4 is 28.6 Å². The lowest BCUT2D eigenvalue weighted by Crippen LogP contribution is -1.98. The molecule has 0 heterocycles. The van der Waals surface area contributed by atoms with Gasteiger partial charge >= 0.3 is 0 Å². The van der Waals surface area contributed by atoms with E-state index in [1.165, 1.54) is 0 Å². The number of nitrogens with zero attached hydrogens (tertiary/aromatic N) is 1. The summed E-state index contributed by atoms with van der Waals surface area (Å²) in [5.41, 5.74) is 1.90. The van der Waals surface area contributed by atoms with Crippen molar-refractivity contribution in [1.29, 1.82) is 0 Å². The molecule has 0 aliphatic carbocycles. The fraction of sp³-hybridized carbons (Fsp3) is 0.190. The third-order valence-corrected chi connectivity index (χ3v) is 4.37. The summed E-state index contributed by atoms with van der Waals surface area (Å²) >= 11 is 5.93. The first kappa shape index (κ1) is 16.5. The zero-order valence-corrected chi connectivity index (χ0v) is 14.4. The van der Waals surface area contributed by atoms with Crippen LogP contribution in [-0.2, 0) is 0 Å². The first-order valence-electron chi connectivity index (χ1n) is 8.18. The van der Waals surface area contributed by atoms with Crippen molar-refractivity contribution in [2.45, 2.75) is 25.8 Å². The van der Waals surface area contributed by atoms with Gasteiger partial charge in [0.05, 0.1) is 6.04 Å². The van der Waals surface area contributed by atoms with Crippen molar-refractivity contribution in [1.82, 2.24) is 0 Å². The van der Waals surface area contributed by atoms with Crippen LogP contribution in [0.3, 0.4) is 0 Å². The molecule has 0 saturated heterocycles. The number of benzene rings is 3. The Morgan fingerprint density at radius 1 is 1.04 bits per heavy atom. The van der Waals surface area contributed by atoms with Crippen LogP contribution >= 0.6 is 11.6 Å². The van der Waals surface area contributed by atoms with E-state index < -0.39 is 0 Å². The van der Waals surface area contributed by atoms with Gasteiger partial charge in [0, 0.05) is 16.8 Å². The zero-order valence-electron chi connectivity index (χ0n) is 13.6. The molecule has 3 heteroatoms. The molecular weight excluding hydrogens is 318 g/mol. The van der Waals surface area contributed by atoms with E-state index in [0.29, 0.717) is 10.8 Å². The van der Waals surface area contributed by atoms with Crippen LogP contribution in [0.25, 0.3) is 10.8 Å². The lowest BCUT2D eigenvalue weighted by Gasteiger charge is -2.16. The van der Waals surface area contributed by atoms with Gasteiger partial charge in [-0.2, -0.15) is 0 Å². The number of halogens is 1. The largest absolute Gasteiger partial charge is 0.508 e. The molecule has 2 nitrogen and oxygen atoms in total. The minimum Gasteiger partial charge on any atom is -0.508 e. The Hall–Kier alpha value is -2.32. The second-order valence-electron chi connectivity index (χ2n) is 5.85. The van der Waals surface area contributed by atoms with Crippen LogP contribution < -0.4 is 0 Å². The summed E-state index contributed by atoms with van der Waals surface area (Å²) in [7, 11) is 0. The summed E-state index contributed by atoms with van der Waals surface area (Å²) in [6.45, 7) is 2.13. The molecule has 0 aliphatic rings. The predicted molar refractivity (Wildman–Crippen MR) is 102 cm³/mol. The van der Waals surface area contributed by atoms with E-state index in [1.807, 2.05) is 54.7 Å². The summed E-state index contributed by atoms with van der Waals surface area (Å²) in [5.74, 6) is 0.306. The highest BCUT2D eigenvalue weighted by Crippen LogP contribution is 2.36. The highest BCUT2D eigenvalue weighted by molar-refractivity contribution is 6.30. The van der Waals surface area contributed by atoms with Crippen LogP contribution in [0.1, 0.15) is 36.9 Å². The van der Waals surface area contributed by atoms with E-state index in [0.717, 1.165) is 34.7 Å². The molecule has 0 spiro atoms. The van der Waals surface area contributed by atoms with Crippen LogP contribution in [0.5, 0.6) is 5.75 Å². The van der Waals surface area contributed by atoms with Gasteiger partial charge in [0.25, 0.3) is 0 Å². The van der Waals surface area contributed by atoms with E-state index >= 15 is 0 Å². The highest BCUT2D eigenvalue weighted by Gasteiger charge is 2.16. The Balaban J connectivity index is 2.02. The van der Waals surface area contributed by atoms with E-state index in [-0.39, 0.29) is 6.04 Å². The summed E-state index contributed by atoms with van der Waals surface area (Å²) in [4.78, 5) is 4.77. The number of aliphatic imine (C=N–C) groups is 1. The normalized spacial score (nSPS) is 12.8. The Labute approximate surface area is 147 Å². The fourth-order valence-electron chi connectivity index (χ4n) is 2.93. The molecule has 0 aromatic heterocycles. The number of hydrogen-bond acceptors (Lipinski definition) is 2. The lowest BCUT2D eigenvalue weighted by atomic mass is 9.95. The van der Waals surface area contributed by atoms with Gasteiger partial charge in [0.2, 0.25) is 0 Å². The Bertz CT molecular complexity index is 855. The van der Waals surface area contributed by atoms with Gasteiger partial charge in [-0.15, -0.1) is 0 Å². The van der Waals surface area contributed by atoms with E-state index in [9.17, 15) is 5.11 Å². The molecule has 3 aromatic carbocycles. The topological polar surface area (TPSA) is 32.6 Å². The minimum absolute atomic E-state index is 0.0724. The molecule has 1 N–H and O–H groups in total. The molecule has 3 rings (SSSR count). The van der Waals surface area contributed by atoms with Gasteiger partial charge in [-0.3, -0.25) is 4.99 Å². The van der Waals surface area contributed by atoms with E-state index in [1.54, 1.807) is 6.07 Å². The van der Waals surface area contributed by atoms with Gasteiger partial charge in [-0.25, -0.2) is 0 Å². The van der Waals surface area contributed by atoms with Crippen molar-refractivity contribution in [3.8, 4) is 5.75 Å². The number of aromatic hydroxyl groups is 1. The maximum Gasteiger partial charge on any atom is 0.121 e. The quantitative estimate of drug-likeness (QED) is 0.555. The standard InChI is InChI=1S/C21H20ClNO/c1-2-5-19(23-14-15-8-11-17(22)12-9-15)21-18-7-4-3-6-16(18)10-13-20(21)24/h3-4,6-14,19,24H,2,5H2,1H3. The van der Waals surface area contributed by atoms with Crippen LogP contribution in [0.2, 0.25) is 5.02 Å². The molecule has 122 valence electrons. The van der Waals surface area contributed by atoms with Crippen LogP contribution in [0.4, 0.5) is 0 Å². The Kier molecular flexibility index (Phi) is 5.17. The Morgan fingerprint density at radius 2 is 1.79 bits per heavy atom. The molecule has 0 bridgehead atoms. The predicted octanol–water partition coefficient (Wildman–Crippen LogP) is 6.16. The summed E-state index contributed by atoms with van der Waals surface area (Å²) in [5, 5.41) is 13.3. The summed E-state index contributed by atoms with van der Waals surface area (Å²) < 4.78 is 0. The number of rotatable bonds is 5. The van der Waals surface area contributed by atoms with Crippen LogP contribution in [0, 0.1) is 0 Å². The highest BCUT2D eigenvalue weighted by atomic mass is 35.5. The van der Waals surface area contributed by atoms with Crippen molar-refractivity contribution in [3.63, 3.8) is 0 Å². The van der Waals surface area contributed by atoms with Gasteiger partial charge in [-0.1, -0.05) is 67.4 Å². The summed E-state index contributed by atoms with van der Waals surface area (Å²) in [6, 6.07) is 19.3. The van der Waals surface area contributed by atoms with Gasteiger partial charge in [0.15, 0.2) is 0 Å². The smallest absolute Gasteiger partial charge is 0.121 e. The lowest BCUT2D eigenvalue weighted by molar-refractivity contribution is 0.460. The Morgan fingerprint density at radius 3 is 2.54 bits per heavy atom. The SMILES string of the molecule is CCCC(N=Cc1ccc(Cl)cc1)c1c(O)ccc2ccccc12. The average molecular weight is 338 g/mol. The second-order valence-corrected chi connectivity index (χ2v) is 6.29. The van der Waals surface area contributed by atoms with Crippen molar-refractivity contribution < 1.29 is 5.11 Å². The maximum atomic E-state index is 10.4. The molecule has 3 aromatic rings. The van der Waals surface area contributed by atoms with E-state index in [2.05, 4.69) is 13.0 Å². The third kappa shape index (κ3) is 3.60. The maximum absolute atomic E-state index is 10.4. The third-order valence-electron chi connectivity index (χ3n) is 4.12. The first-order valence-corrected chi connectivity index (χ1v) is 8.56. The molecular formula is C21H20ClNO. The van der Waals surface area contributed by atoms with Gasteiger partial charge in [0.1, 0.15) is 5.75 Å². The molecule has 0 amide bonds. The number of phenols is 1. The minimum atomic E-state index is -0.0724. The van der Waals surface area contributed by atoms with Gasteiger partial charge in [-0.05, 0) is 41.0 Å². The fourth-order valence-corrected chi connectivity index (χ4v) is 3.05. The van der Waals surface area contributed by atoms with Crippen molar-refractivity contribution in [3.05, 3.63) is 76.8 Å². The van der Waals surface area contributed by atoms with Crippen LogP contribution in [-0.4, -0.2) is 11.3 Å². The molecule has 0 fully saturated rings. The van der Waals surface area contributed by atoms with Crippen molar-refractivity contribution in [2.24, 2.45) is 4.99 Å². The first-order chi connectivity index (χ1) is 11.7. The van der Waals surface area contributed by atoms with Crippen LogP contribution in [0.15, 0.2) is 65.7 Å². The molecule has 0 saturated carbocycles.